The second-order valence-corrected chi connectivity index (χ2v) is 3.97. The van der Waals surface area contributed by atoms with Crippen molar-refractivity contribution in [1.82, 2.24) is 5.12 Å². The molecule has 1 saturated heterocycles. The lowest BCUT2D eigenvalue weighted by Crippen LogP contribution is -2.59. The van der Waals surface area contributed by atoms with E-state index in [-0.39, 0.29) is 6.61 Å². The summed E-state index contributed by atoms with van der Waals surface area (Å²) < 4.78 is 55.1. The van der Waals surface area contributed by atoms with Gasteiger partial charge in [0.1, 0.15) is 0 Å². The highest BCUT2D eigenvalue weighted by molar-refractivity contribution is 4.85. The fourth-order valence-corrected chi connectivity index (χ4v) is 1.26. The van der Waals surface area contributed by atoms with Gasteiger partial charge in [-0.1, -0.05) is 37.7 Å². The van der Waals surface area contributed by atoms with Crippen molar-refractivity contribution >= 4 is 0 Å². The second-order valence-electron chi connectivity index (χ2n) is 3.97. The number of nitrogens with zero attached hydrogens (tertiary/aromatic N) is 1. The number of morpholine rings is 1. The molecule has 0 aromatic rings. The quantitative estimate of drug-likeness (QED) is 0.397. The largest absolute Gasteiger partial charge is 0.387 e. The van der Waals surface area contributed by atoms with Crippen LogP contribution in [-0.2, 0) is 4.74 Å². The summed E-state index contributed by atoms with van der Waals surface area (Å²) in [7, 11) is 0. The zero-order valence-corrected chi connectivity index (χ0v) is 9.32. The average Bonchev–Trinajstić information content (AvgIpc) is 2.12. The molecule has 0 spiro atoms. The van der Waals surface area contributed by atoms with E-state index in [4.69, 9.17) is 0 Å². The normalized spacial score (nSPS) is 33.6. The maximum absolute atomic E-state index is 13.1. The molecule has 0 bridgehead atoms. The molecule has 0 amide bonds. The molecule has 1 saturated carbocycles. The van der Waals surface area contributed by atoms with Crippen LogP contribution in [0.2, 0.25) is 0 Å². The Morgan fingerprint density at radius 2 is 1.62 bits per heavy atom. The number of halogens is 4. The van der Waals surface area contributed by atoms with E-state index in [2.05, 4.69) is 4.74 Å². The van der Waals surface area contributed by atoms with Crippen LogP contribution in [0.1, 0.15) is 39.0 Å². The van der Waals surface area contributed by atoms with Crippen molar-refractivity contribution in [3.63, 3.8) is 0 Å². The van der Waals surface area contributed by atoms with E-state index in [9.17, 15) is 17.7 Å². The first-order chi connectivity index (χ1) is 7.44. The molecular formula is C10H17F4NO. The first-order valence-corrected chi connectivity index (χ1v) is 5.58. The Morgan fingerprint density at radius 1 is 1.12 bits per heavy atom. The molecule has 2 rings (SSSR count). The molecule has 96 valence electrons. The SMILES string of the molecule is C1CCC1.CCC1(F)OCCN(F)C1(F)F. The first kappa shape index (κ1) is 13.7. The number of ether oxygens (including phenoxy) is 1. The molecular weight excluding hydrogens is 226 g/mol. The van der Waals surface area contributed by atoms with Crippen molar-refractivity contribution in [2.24, 2.45) is 0 Å². The summed E-state index contributed by atoms with van der Waals surface area (Å²) in [5, 5.41) is -0.819. The first-order valence-electron chi connectivity index (χ1n) is 5.58. The van der Waals surface area contributed by atoms with Gasteiger partial charge in [0.05, 0.1) is 13.2 Å². The number of rotatable bonds is 1. The maximum Gasteiger partial charge on any atom is 0.387 e. The summed E-state index contributed by atoms with van der Waals surface area (Å²) >= 11 is 0. The lowest BCUT2D eigenvalue weighted by atomic mass is 10.0. The Morgan fingerprint density at radius 3 is 1.94 bits per heavy atom. The highest BCUT2D eigenvalue weighted by Crippen LogP contribution is 2.41. The summed E-state index contributed by atoms with van der Waals surface area (Å²) in [4.78, 5) is 0. The van der Waals surface area contributed by atoms with Gasteiger partial charge in [-0.05, 0) is 0 Å². The van der Waals surface area contributed by atoms with Crippen LogP contribution in [0.15, 0.2) is 0 Å². The van der Waals surface area contributed by atoms with Gasteiger partial charge in [0.15, 0.2) is 0 Å². The molecule has 1 unspecified atom stereocenters. The summed E-state index contributed by atoms with van der Waals surface area (Å²) in [5.74, 6) is -3.19. The van der Waals surface area contributed by atoms with Gasteiger partial charge in [0.2, 0.25) is 0 Å². The second kappa shape index (κ2) is 5.31. The molecule has 6 heteroatoms. The van der Waals surface area contributed by atoms with Gasteiger partial charge in [0.25, 0.3) is 5.85 Å². The van der Waals surface area contributed by atoms with E-state index >= 15 is 0 Å². The molecule has 0 aromatic carbocycles. The zero-order valence-electron chi connectivity index (χ0n) is 9.32. The molecule has 1 atom stereocenters. The molecule has 1 heterocycles. The third kappa shape index (κ3) is 2.66. The van der Waals surface area contributed by atoms with Gasteiger partial charge < -0.3 is 4.74 Å². The molecule has 2 nitrogen and oxygen atoms in total. The van der Waals surface area contributed by atoms with Gasteiger partial charge in [-0.2, -0.15) is 8.78 Å². The molecule has 0 N–H and O–H groups in total. The van der Waals surface area contributed by atoms with Gasteiger partial charge in [-0.3, -0.25) is 0 Å². The summed E-state index contributed by atoms with van der Waals surface area (Å²) in [5.41, 5.74) is 0. The fourth-order valence-electron chi connectivity index (χ4n) is 1.26. The number of hydrogen-bond donors (Lipinski definition) is 0. The van der Waals surface area contributed by atoms with Crippen LogP contribution in [0, 0.1) is 0 Å². The number of alkyl halides is 3. The van der Waals surface area contributed by atoms with Crippen molar-refractivity contribution in [2.45, 2.75) is 50.9 Å². The van der Waals surface area contributed by atoms with E-state index in [0.717, 1.165) is 0 Å². The Kier molecular flexibility index (Phi) is 4.55. The smallest absolute Gasteiger partial charge is 0.339 e. The van der Waals surface area contributed by atoms with Crippen LogP contribution in [0.4, 0.5) is 17.7 Å². The molecule has 0 aromatic heterocycles. The standard InChI is InChI=1S/C6H9F4NO.C4H8/c1-2-5(7)6(8,9)11(10)3-4-12-5;1-2-4-3-1/h2-4H2,1H3;1-4H2. The van der Waals surface area contributed by atoms with Crippen LogP contribution in [-0.4, -0.2) is 30.2 Å². The van der Waals surface area contributed by atoms with Crippen LogP contribution < -0.4 is 0 Å². The average molecular weight is 243 g/mol. The van der Waals surface area contributed by atoms with E-state index in [0.29, 0.717) is 0 Å². The Bertz CT molecular complexity index is 216. The molecule has 2 fully saturated rings. The summed E-state index contributed by atoms with van der Waals surface area (Å²) in [6.07, 6.45) is 5.42. The number of hydrogen-bond acceptors (Lipinski definition) is 2. The predicted octanol–water partition coefficient (Wildman–Crippen LogP) is 3.43. The van der Waals surface area contributed by atoms with Crippen LogP contribution >= 0.6 is 0 Å². The fraction of sp³-hybridized carbons (Fsp3) is 1.00. The highest BCUT2D eigenvalue weighted by atomic mass is 19.3. The Labute approximate surface area is 92.5 Å². The van der Waals surface area contributed by atoms with Crippen molar-refractivity contribution in [3.05, 3.63) is 0 Å². The van der Waals surface area contributed by atoms with Gasteiger partial charge in [0, 0.05) is 6.42 Å². The molecule has 1 aliphatic heterocycles. The summed E-state index contributed by atoms with van der Waals surface area (Å²) in [6.45, 7) is 0.197. The summed E-state index contributed by atoms with van der Waals surface area (Å²) in [6, 6.07) is -4.18. The third-order valence-corrected chi connectivity index (χ3v) is 2.83. The Balaban J connectivity index is 0.000000267. The topological polar surface area (TPSA) is 12.5 Å². The van der Waals surface area contributed by atoms with Crippen molar-refractivity contribution in [2.75, 3.05) is 13.2 Å². The molecule has 16 heavy (non-hydrogen) atoms. The zero-order chi connectivity index (χ0) is 12.2. The minimum absolute atomic E-state index is 0.365. The van der Waals surface area contributed by atoms with Crippen LogP contribution in [0.25, 0.3) is 0 Å². The van der Waals surface area contributed by atoms with Gasteiger partial charge in [-0.25, -0.2) is 4.39 Å². The van der Waals surface area contributed by atoms with E-state index < -0.39 is 30.0 Å². The minimum atomic E-state index is -4.18. The van der Waals surface area contributed by atoms with Gasteiger partial charge >= 0.3 is 6.05 Å². The third-order valence-electron chi connectivity index (χ3n) is 2.83. The van der Waals surface area contributed by atoms with Gasteiger partial charge in [-0.15, -0.1) is 4.48 Å². The van der Waals surface area contributed by atoms with E-state index in [1.54, 1.807) is 0 Å². The predicted molar refractivity (Wildman–Crippen MR) is 51.3 cm³/mol. The van der Waals surface area contributed by atoms with Crippen LogP contribution in [0.5, 0.6) is 0 Å². The molecule has 1 aliphatic carbocycles. The minimum Gasteiger partial charge on any atom is -0.339 e. The van der Waals surface area contributed by atoms with Crippen LogP contribution in [0.3, 0.4) is 0 Å². The van der Waals surface area contributed by atoms with Crippen molar-refractivity contribution < 1.29 is 22.4 Å². The lowest BCUT2D eigenvalue weighted by Gasteiger charge is -2.39. The highest BCUT2D eigenvalue weighted by Gasteiger charge is 2.62. The lowest BCUT2D eigenvalue weighted by molar-refractivity contribution is -0.400. The van der Waals surface area contributed by atoms with Crippen molar-refractivity contribution in [3.8, 4) is 0 Å². The van der Waals surface area contributed by atoms with E-state index in [1.807, 2.05) is 0 Å². The van der Waals surface area contributed by atoms with E-state index in [1.165, 1.54) is 32.6 Å². The maximum atomic E-state index is 13.1. The molecule has 2 aliphatic rings. The Hall–Kier alpha value is -0.360. The monoisotopic (exact) mass is 243 g/mol. The van der Waals surface area contributed by atoms with Crippen molar-refractivity contribution in [1.29, 1.82) is 0 Å². The molecule has 0 radical (unpaired) electrons.